The Bertz CT molecular complexity index is 1990. The van der Waals surface area contributed by atoms with Crippen LogP contribution in [0.25, 0.3) is 0 Å². The lowest BCUT2D eigenvalue weighted by Gasteiger charge is -2.44. The van der Waals surface area contributed by atoms with Crippen molar-refractivity contribution in [3.05, 3.63) is 122 Å². The largest absolute Gasteiger partial charge is 0.207 e. The van der Waals surface area contributed by atoms with Crippen molar-refractivity contribution in [2.75, 3.05) is 0 Å². The van der Waals surface area contributed by atoms with E-state index < -0.39 is 144 Å². The lowest BCUT2D eigenvalue weighted by molar-refractivity contribution is 0.202. The predicted octanol–water partition coefficient (Wildman–Crippen LogP) is 12.1. The predicted molar refractivity (Wildman–Crippen MR) is 192 cm³/mol. The van der Waals surface area contributed by atoms with E-state index in [2.05, 4.69) is 5.92 Å². The van der Waals surface area contributed by atoms with Gasteiger partial charge in [-0.25, -0.2) is 87.8 Å². The molecule has 21 heteroatoms. The van der Waals surface area contributed by atoms with Crippen LogP contribution in [0.5, 0.6) is 0 Å². The van der Waals surface area contributed by atoms with Gasteiger partial charge in [-0.1, -0.05) is 19.3 Å². The van der Waals surface area contributed by atoms with E-state index in [1.807, 2.05) is 0 Å². The minimum Gasteiger partial charge on any atom is -0.207 e. The summed E-state index contributed by atoms with van der Waals surface area (Å²) >= 11 is 0. The van der Waals surface area contributed by atoms with Gasteiger partial charge in [0, 0.05) is 0 Å². The van der Waals surface area contributed by atoms with E-state index in [1.165, 1.54) is 57.8 Å². The highest BCUT2D eigenvalue weighted by atomic mass is 19.2. The van der Waals surface area contributed by atoms with Crippen LogP contribution in [0.2, 0.25) is 0 Å². The van der Waals surface area contributed by atoms with Gasteiger partial charge in [0.1, 0.15) is 70.4 Å². The summed E-state index contributed by atoms with van der Waals surface area (Å²) in [6.45, 7) is 0. The summed E-state index contributed by atoms with van der Waals surface area (Å²) in [6.07, 6.45) is 15.7. The quantitative estimate of drug-likeness (QED) is 0.0569. The van der Waals surface area contributed by atoms with E-state index in [0.717, 1.165) is 17.8 Å². The molecular weight excluding hydrogens is 907 g/mol. The van der Waals surface area contributed by atoms with Gasteiger partial charge in [0.2, 0.25) is 0 Å². The van der Waals surface area contributed by atoms with Crippen molar-refractivity contribution in [2.24, 2.45) is 17.8 Å². The molecule has 3 saturated carbocycles. The number of hydrogen-bond donors (Lipinski definition) is 0. The fourth-order valence-corrected chi connectivity index (χ4v) is 10.2. The molecule has 3 aliphatic rings. The SMILES string of the molecule is C1CCC([C+](C2CCCCC2)C2CCCCC2)CC1.Fc1c(F)c(F)c([B-](c2c(F)c(F)c(F)c(F)c2F)(c2c(F)c(F)c(F)c(F)c2F)c2c(F)c(F)c(F)c(F)c2F)c(F)c1F. The van der Waals surface area contributed by atoms with Crippen molar-refractivity contribution in [1.82, 2.24) is 0 Å². The van der Waals surface area contributed by atoms with Gasteiger partial charge in [0.15, 0.2) is 69.8 Å². The van der Waals surface area contributed by atoms with Crippen molar-refractivity contribution in [3.63, 3.8) is 0 Å². The molecule has 3 aliphatic carbocycles. The second-order valence-corrected chi connectivity index (χ2v) is 16.3. The van der Waals surface area contributed by atoms with Gasteiger partial charge < -0.3 is 0 Å². The molecule has 3 fully saturated rings. The zero-order chi connectivity index (χ0) is 47.3. The van der Waals surface area contributed by atoms with Gasteiger partial charge in [-0.3, -0.25) is 0 Å². The van der Waals surface area contributed by atoms with E-state index in [0.29, 0.717) is 0 Å². The fraction of sp³-hybridized carbons (Fsp3) is 0.419. The third kappa shape index (κ3) is 7.97. The molecule has 0 aliphatic heterocycles. The first-order valence-corrected chi connectivity index (χ1v) is 20.2. The maximum absolute atomic E-state index is 15.4. The van der Waals surface area contributed by atoms with Crippen molar-refractivity contribution in [1.29, 1.82) is 0 Å². The second-order valence-electron chi connectivity index (χ2n) is 16.3. The van der Waals surface area contributed by atoms with Crippen molar-refractivity contribution >= 4 is 28.0 Å². The van der Waals surface area contributed by atoms with Gasteiger partial charge in [0.05, 0.1) is 5.92 Å². The summed E-state index contributed by atoms with van der Waals surface area (Å²) in [5.74, 6) is -66.2. The normalized spacial score (nSPS) is 16.9. The maximum Gasteiger partial charge on any atom is 0.200 e. The van der Waals surface area contributed by atoms with Gasteiger partial charge in [-0.2, -0.15) is 0 Å². The summed E-state index contributed by atoms with van der Waals surface area (Å²) in [4.78, 5) is 0. The van der Waals surface area contributed by atoms with E-state index in [1.54, 1.807) is 38.5 Å². The van der Waals surface area contributed by atoms with Crippen LogP contribution in [0.4, 0.5) is 87.8 Å². The van der Waals surface area contributed by atoms with Crippen LogP contribution in [0.3, 0.4) is 0 Å². The molecular formula is C43H33BF20. The highest BCUT2D eigenvalue weighted by Gasteiger charge is 2.53. The molecule has 348 valence electrons. The molecule has 0 aromatic heterocycles. The van der Waals surface area contributed by atoms with Crippen LogP contribution in [-0.4, -0.2) is 6.15 Å². The lowest BCUT2D eigenvalue weighted by Crippen LogP contribution is -2.81. The zero-order valence-corrected chi connectivity index (χ0v) is 33.0. The molecule has 0 spiro atoms. The maximum atomic E-state index is 15.4. The van der Waals surface area contributed by atoms with Crippen molar-refractivity contribution in [2.45, 2.75) is 96.3 Å². The number of rotatable bonds is 7. The Kier molecular flexibility index (Phi) is 14.6. The Hall–Kier alpha value is -4.59. The van der Waals surface area contributed by atoms with Crippen LogP contribution in [-0.2, 0) is 0 Å². The zero-order valence-electron chi connectivity index (χ0n) is 33.0. The third-order valence-corrected chi connectivity index (χ3v) is 12.9. The lowest BCUT2D eigenvalue weighted by atomic mass is 9.12. The second kappa shape index (κ2) is 19.1. The minimum absolute atomic E-state index is 1.04. The van der Waals surface area contributed by atoms with E-state index in [-0.39, 0.29) is 0 Å². The Morgan fingerprint density at radius 3 is 0.516 bits per heavy atom. The van der Waals surface area contributed by atoms with E-state index in [9.17, 15) is 52.7 Å². The number of benzene rings is 4. The summed E-state index contributed by atoms with van der Waals surface area (Å²) in [5, 5.41) is 0. The summed E-state index contributed by atoms with van der Waals surface area (Å²) in [5.41, 5.74) is -14.3. The van der Waals surface area contributed by atoms with Gasteiger partial charge >= 0.3 is 0 Å². The highest BCUT2D eigenvalue weighted by molar-refractivity contribution is 7.20. The van der Waals surface area contributed by atoms with E-state index in [4.69, 9.17) is 0 Å². The Morgan fingerprint density at radius 2 is 0.359 bits per heavy atom. The Labute approximate surface area is 351 Å². The Morgan fingerprint density at radius 1 is 0.219 bits per heavy atom. The molecule has 0 saturated heterocycles. The monoisotopic (exact) mass is 940 g/mol. The van der Waals surface area contributed by atoms with E-state index >= 15 is 35.1 Å². The number of halogens is 20. The molecule has 0 unspecified atom stereocenters. The van der Waals surface area contributed by atoms with Crippen molar-refractivity contribution in [3.8, 4) is 0 Å². The molecule has 4 aromatic carbocycles. The van der Waals surface area contributed by atoms with Crippen LogP contribution in [0.1, 0.15) is 96.3 Å². The summed E-state index contributed by atoms with van der Waals surface area (Å²) in [7, 11) is 0. The minimum atomic E-state index is -7.22. The summed E-state index contributed by atoms with van der Waals surface area (Å²) < 4.78 is 294. The molecule has 0 atom stereocenters. The average molecular weight is 941 g/mol. The molecule has 0 heterocycles. The molecule has 64 heavy (non-hydrogen) atoms. The smallest absolute Gasteiger partial charge is 0.200 e. The van der Waals surface area contributed by atoms with Gasteiger partial charge in [-0.05, 0) is 77.0 Å². The van der Waals surface area contributed by atoms with Crippen LogP contribution >= 0.6 is 0 Å². The molecule has 0 nitrogen and oxygen atoms in total. The first kappa shape index (κ1) is 48.9. The molecule has 0 N–H and O–H groups in total. The first-order valence-electron chi connectivity index (χ1n) is 20.2. The summed E-state index contributed by atoms with van der Waals surface area (Å²) in [6, 6.07) is 0. The molecule has 4 aromatic rings. The highest BCUT2D eigenvalue weighted by Crippen LogP contribution is 2.49. The first-order chi connectivity index (χ1) is 30.2. The van der Waals surface area contributed by atoms with Crippen molar-refractivity contribution < 1.29 is 87.8 Å². The number of hydrogen-bond acceptors (Lipinski definition) is 0. The fourth-order valence-electron chi connectivity index (χ4n) is 10.2. The standard InChI is InChI=1S/C24BF20.C19H33/c26-5-1(6(27)14(35)21(42)13(5)34)25(2-7(28)15(36)22(43)16(37)8(2)29,3-9(30)17(38)23(44)18(39)10(3)31)4-11(32)19(40)24(45)20(41)12(4)33;1-4-10-16(11-5-1)19(17-12-6-2-7-13-17)18-14-8-3-9-15-18/h;16-18H,1-15H2/q-1;+1. The van der Waals surface area contributed by atoms with Gasteiger partial charge in [0.25, 0.3) is 0 Å². The van der Waals surface area contributed by atoms with Crippen LogP contribution in [0, 0.1) is 140 Å². The molecule has 0 bridgehead atoms. The van der Waals surface area contributed by atoms with Gasteiger partial charge in [-0.15, -0.1) is 21.9 Å². The molecule has 0 radical (unpaired) electrons. The Balaban J connectivity index is 0.000000295. The topological polar surface area (TPSA) is 0 Å². The molecule has 7 rings (SSSR count). The van der Waals surface area contributed by atoms with Crippen LogP contribution in [0.15, 0.2) is 0 Å². The third-order valence-electron chi connectivity index (χ3n) is 12.9. The van der Waals surface area contributed by atoms with Crippen LogP contribution < -0.4 is 21.9 Å². The molecule has 0 amide bonds. The average Bonchev–Trinajstić information content (AvgIpc) is 3.30.